The van der Waals surface area contributed by atoms with E-state index in [1.54, 1.807) is 24.3 Å². The molecule has 4 rings (SSSR count). The van der Waals surface area contributed by atoms with E-state index in [2.05, 4.69) is 21.4 Å². The smallest absolute Gasteiger partial charge is 0.270 e. The van der Waals surface area contributed by atoms with Crippen molar-refractivity contribution in [1.82, 2.24) is 9.97 Å². The van der Waals surface area contributed by atoms with Crippen LogP contribution in [0.25, 0.3) is 21.3 Å². The second-order valence-corrected chi connectivity index (χ2v) is 6.53. The van der Waals surface area contributed by atoms with Crippen molar-refractivity contribution in [2.45, 2.75) is 0 Å². The zero-order valence-electron chi connectivity index (χ0n) is 13.8. The van der Waals surface area contributed by atoms with Gasteiger partial charge < -0.3 is 5.32 Å². The molecule has 0 saturated heterocycles. The third kappa shape index (κ3) is 3.19. The van der Waals surface area contributed by atoms with E-state index in [-0.39, 0.29) is 5.69 Å². The number of hydrogen-bond donors (Lipinski definition) is 1. The first-order valence-corrected chi connectivity index (χ1v) is 8.78. The highest BCUT2D eigenvalue weighted by Crippen LogP contribution is 2.38. The van der Waals surface area contributed by atoms with E-state index < -0.39 is 4.92 Å². The third-order valence-corrected chi connectivity index (χ3v) is 4.88. The van der Waals surface area contributed by atoms with Crippen LogP contribution < -0.4 is 5.32 Å². The number of nitriles is 1. The Bertz CT molecular complexity index is 1210. The number of nitrogens with one attached hydrogen (secondary N) is 1. The molecule has 0 spiro atoms. The lowest BCUT2D eigenvalue weighted by molar-refractivity contribution is -0.384. The summed E-state index contributed by atoms with van der Waals surface area (Å²) in [6.45, 7) is 0. The normalized spacial score (nSPS) is 10.5. The summed E-state index contributed by atoms with van der Waals surface area (Å²) < 4.78 is 0. The molecule has 27 heavy (non-hydrogen) atoms. The number of aromatic nitrogens is 2. The van der Waals surface area contributed by atoms with Gasteiger partial charge in [0.15, 0.2) is 0 Å². The predicted molar refractivity (Wildman–Crippen MR) is 104 cm³/mol. The van der Waals surface area contributed by atoms with Crippen molar-refractivity contribution < 1.29 is 4.92 Å². The summed E-state index contributed by atoms with van der Waals surface area (Å²) in [5, 5.41) is 26.1. The second-order valence-electron chi connectivity index (χ2n) is 5.68. The summed E-state index contributed by atoms with van der Waals surface area (Å²) in [4.78, 5) is 20.1. The molecule has 0 unspecified atom stereocenters. The Hall–Kier alpha value is -3.83. The SMILES string of the molecule is N#Cc1cccc(Nc2ncnc3scc(-c4cccc([N+](=O)[O-])c4)c23)c1. The summed E-state index contributed by atoms with van der Waals surface area (Å²) in [5.74, 6) is 0.581. The molecule has 0 bridgehead atoms. The zero-order valence-corrected chi connectivity index (χ0v) is 14.6. The lowest BCUT2D eigenvalue weighted by atomic mass is 10.1. The second kappa shape index (κ2) is 6.82. The summed E-state index contributed by atoms with van der Waals surface area (Å²) in [5.41, 5.74) is 2.83. The highest BCUT2D eigenvalue weighted by molar-refractivity contribution is 7.17. The van der Waals surface area contributed by atoms with E-state index in [0.717, 1.165) is 27.0 Å². The van der Waals surface area contributed by atoms with Gasteiger partial charge in [0.05, 0.1) is 21.9 Å². The Balaban J connectivity index is 1.83. The maximum absolute atomic E-state index is 11.1. The topological polar surface area (TPSA) is 105 Å². The van der Waals surface area contributed by atoms with Crippen LogP contribution in [0, 0.1) is 21.4 Å². The van der Waals surface area contributed by atoms with Crippen molar-refractivity contribution in [2.24, 2.45) is 0 Å². The average Bonchev–Trinajstić information content (AvgIpc) is 3.13. The molecule has 1 N–H and O–H groups in total. The molecule has 0 amide bonds. The van der Waals surface area contributed by atoms with E-state index in [1.807, 2.05) is 17.5 Å². The van der Waals surface area contributed by atoms with Crippen LogP contribution in [0.15, 0.2) is 60.2 Å². The third-order valence-electron chi connectivity index (χ3n) is 3.99. The summed E-state index contributed by atoms with van der Waals surface area (Å²) in [6, 6.07) is 15.7. The van der Waals surface area contributed by atoms with Crippen molar-refractivity contribution >= 4 is 38.7 Å². The van der Waals surface area contributed by atoms with Crippen LogP contribution in [-0.2, 0) is 0 Å². The van der Waals surface area contributed by atoms with Gasteiger partial charge in [-0.1, -0.05) is 18.2 Å². The molecule has 0 radical (unpaired) electrons. The first-order chi connectivity index (χ1) is 13.2. The van der Waals surface area contributed by atoms with Crippen LogP contribution in [0.5, 0.6) is 0 Å². The maximum atomic E-state index is 11.1. The van der Waals surface area contributed by atoms with Crippen molar-refractivity contribution in [3.8, 4) is 17.2 Å². The summed E-state index contributed by atoms with van der Waals surface area (Å²) >= 11 is 1.44. The molecule has 2 heterocycles. The molecule has 0 atom stereocenters. The molecule has 0 fully saturated rings. The van der Waals surface area contributed by atoms with E-state index in [9.17, 15) is 10.1 Å². The summed E-state index contributed by atoms with van der Waals surface area (Å²) in [6.07, 6.45) is 1.46. The van der Waals surface area contributed by atoms with Crippen LogP contribution in [0.3, 0.4) is 0 Å². The van der Waals surface area contributed by atoms with E-state index >= 15 is 0 Å². The van der Waals surface area contributed by atoms with Crippen molar-refractivity contribution in [1.29, 1.82) is 5.26 Å². The van der Waals surface area contributed by atoms with E-state index in [1.165, 1.54) is 29.8 Å². The number of fused-ring (bicyclic) bond motifs is 1. The zero-order chi connectivity index (χ0) is 18.8. The number of thiophene rings is 1. The molecule has 4 aromatic rings. The fourth-order valence-electron chi connectivity index (χ4n) is 2.77. The van der Waals surface area contributed by atoms with Crippen LogP contribution in [0.4, 0.5) is 17.2 Å². The molecule has 130 valence electrons. The minimum absolute atomic E-state index is 0.0277. The lowest BCUT2D eigenvalue weighted by Gasteiger charge is -2.08. The van der Waals surface area contributed by atoms with Gasteiger partial charge in [-0.15, -0.1) is 11.3 Å². The van der Waals surface area contributed by atoms with Gasteiger partial charge in [0.25, 0.3) is 5.69 Å². The average molecular weight is 373 g/mol. The van der Waals surface area contributed by atoms with Gasteiger partial charge in [-0.2, -0.15) is 5.26 Å². The molecule has 0 aliphatic rings. The van der Waals surface area contributed by atoms with Gasteiger partial charge in [0.2, 0.25) is 0 Å². The number of nitrogens with zero attached hydrogens (tertiary/aromatic N) is 4. The van der Waals surface area contributed by atoms with Crippen LogP contribution in [0.2, 0.25) is 0 Å². The minimum atomic E-state index is -0.416. The number of hydrogen-bond acceptors (Lipinski definition) is 7. The Morgan fingerprint density at radius 3 is 2.81 bits per heavy atom. The molecule has 2 aromatic carbocycles. The molecule has 0 aliphatic carbocycles. The van der Waals surface area contributed by atoms with Gasteiger partial charge in [-0.3, -0.25) is 10.1 Å². The monoisotopic (exact) mass is 373 g/mol. The van der Waals surface area contributed by atoms with Gasteiger partial charge in [-0.25, -0.2) is 9.97 Å². The quantitative estimate of drug-likeness (QED) is 0.404. The van der Waals surface area contributed by atoms with Gasteiger partial charge in [0.1, 0.15) is 17.0 Å². The Morgan fingerprint density at radius 2 is 2.00 bits per heavy atom. The van der Waals surface area contributed by atoms with Gasteiger partial charge in [0, 0.05) is 28.8 Å². The number of benzene rings is 2. The molecular weight excluding hydrogens is 362 g/mol. The standard InChI is InChI=1S/C19H11N5O2S/c20-9-12-3-1-5-14(7-12)23-18-17-16(10-27-19(17)22-11-21-18)13-4-2-6-15(8-13)24(25)26/h1-8,10-11H,(H,21,22,23). The van der Waals surface area contributed by atoms with Crippen molar-refractivity contribution in [2.75, 3.05) is 5.32 Å². The maximum Gasteiger partial charge on any atom is 0.270 e. The van der Waals surface area contributed by atoms with E-state index in [0.29, 0.717) is 11.4 Å². The number of non-ortho nitro benzene ring substituents is 1. The molecular formula is C19H11N5O2S. The Labute approximate surface area is 157 Å². The Kier molecular flexibility index (Phi) is 4.20. The number of nitro groups is 1. The number of nitro benzene ring substituents is 1. The number of rotatable bonds is 4. The molecule has 0 aliphatic heterocycles. The predicted octanol–water partition coefficient (Wildman–Crippen LogP) is 4.88. The lowest BCUT2D eigenvalue weighted by Crippen LogP contribution is -1.96. The van der Waals surface area contributed by atoms with Crippen molar-refractivity contribution in [3.05, 3.63) is 75.9 Å². The van der Waals surface area contributed by atoms with Gasteiger partial charge >= 0.3 is 0 Å². The minimum Gasteiger partial charge on any atom is -0.340 e. The van der Waals surface area contributed by atoms with E-state index in [4.69, 9.17) is 5.26 Å². The molecule has 0 saturated carbocycles. The summed E-state index contributed by atoms with van der Waals surface area (Å²) in [7, 11) is 0. The fourth-order valence-corrected chi connectivity index (χ4v) is 3.69. The highest BCUT2D eigenvalue weighted by atomic mass is 32.1. The first kappa shape index (κ1) is 16.6. The van der Waals surface area contributed by atoms with Crippen molar-refractivity contribution in [3.63, 3.8) is 0 Å². The molecule has 2 aromatic heterocycles. The largest absolute Gasteiger partial charge is 0.340 e. The van der Waals surface area contributed by atoms with Crippen LogP contribution in [-0.4, -0.2) is 14.9 Å². The van der Waals surface area contributed by atoms with Crippen LogP contribution in [0.1, 0.15) is 5.56 Å². The van der Waals surface area contributed by atoms with Crippen LogP contribution >= 0.6 is 11.3 Å². The Morgan fingerprint density at radius 1 is 1.15 bits per heavy atom. The fraction of sp³-hybridized carbons (Fsp3) is 0. The highest BCUT2D eigenvalue weighted by Gasteiger charge is 2.15. The molecule has 7 nitrogen and oxygen atoms in total. The van der Waals surface area contributed by atoms with Gasteiger partial charge in [-0.05, 0) is 23.8 Å². The molecule has 8 heteroatoms. The number of anilines is 2. The first-order valence-electron chi connectivity index (χ1n) is 7.90.